The van der Waals surface area contributed by atoms with Gasteiger partial charge in [0.25, 0.3) is 0 Å². The number of benzene rings is 2. The smallest absolute Gasteiger partial charge is 0.0853 e. The number of rotatable bonds is 4. The zero-order valence-corrected chi connectivity index (χ0v) is 19.2. The van der Waals surface area contributed by atoms with Crippen LogP contribution in [0.25, 0.3) is 21.5 Å². The molecule has 6 rings (SSSR count). The standard InChI is InChI=1S/2C14H15NO2/c2*16-8-14-6-11-2-1-10(5-13(11)7-15-14)12-3-4-17-9-12/h2*1-2,5-7,12,16H,3-4,8-9H2/t12-;/m0./s1. The molecule has 2 saturated heterocycles. The van der Waals surface area contributed by atoms with Crippen molar-refractivity contribution in [3.63, 3.8) is 0 Å². The van der Waals surface area contributed by atoms with E-state index in [-0.39, 0.29) is 13.2 Å². The number of aliphatic hydroxyl groups excluding tert-OH is 2. The van der Waals surface area contributed by atoms with Gasteiger partial charge < -0.3 is 19.7 Å². The van der Waals surface area contributed by atoms with E-state index in [0.717, 1.165) is 72.2 Å². The molecule has 1 unspecified atom stereocenters. The highest BCUT2D eigenvalue weighted by Gasteiger charge is 2.18. The van der Waals surface area contributed by atoms with E-state index >= 15 is 0 Å². The number of hydrogen-bond donors (Lipinski definition) is 2. The summed E-state index contributed by atoms with van der Waals surface area (Å²) in [6.45, 7) is 3.37. The summed E-state index contributed by atoms with van der Waals surface area (Å²) in [5, 5.41) is 22.6. The molecule has 4 aromatic rings. The van der Waals surface area contributed by atoms with Crippen LogP contribution in [0.3, 0.4) is 0 Å². The Morgan fingerprint density at radius 2 is 1.12 bits per heavy atom. The minimum Gasteiger partial charge on any atom is -0.390 e. The predicted molar refractivity (Wildman–Crippen MR) is 132 cm³/mol. The highest BCUT2D eigenvalue weighted by Crippen LogP contribution is 2.29. The molecule has 34 heavy (non-hydrogen) atoms. The van der Waals surface area contributed by atoms with Crippen LogP contribution in [0.5, 0.6) is 0 Å². The van der Waals surface area contributed by atoms with E-state index in [1.54, 1.807) is 0 Å². The SMILES string of the molecule is OCc1cc2ccc(C3CCOC3)cc2cn1.OCc1cc2ccc([C@H]3CCOC3)cc2cn1. The Labute approximate surface area is 199 Å². The molecule has 0 saturated carbocycles. The van der Waals surface area contributed by atoms with Crippen molar-refractivity contribution in [2.75, 3.05) is 26.4 Å². The summed E-state index contributed by atoms with van der Waals surface area (Å²) in [6.07, 6.45) is 5.88. The molecule has 0 radical (unpaired) electrons. The van der Waals surface area contributed by atoms with E-state index in [1.165, 1.54) is 11.1 Å². The van der Waals surface area contributed by atoms with Gasteiger partial charge in [-0.2, -0.15) is 0 Å². The lowest BCUT2D eigenvalue weighted by Crippen LogP contribution is -1.97. The molecule has 2 aromatic carbocycles. The number of hydrogen-bond acceptors (Lipinski definition) is 6. The van der Waals surface area contributed by atoms with Crippen LogP contribution in [0.2, 0.25) is 0 Å². The van der Waals surface area contributed by atoms with Crippen molar-refractivity contribution in [3.05, 3.63) is 83.4 Å². The summed E-state index contributed by atoms with van der Waals surface area (Å²) in [7, 11) is 0. The third kappa shape index (κ3) is 5.10. The van der Waals surface area contributed by atoms with Crippen molar-refractivity contribution in [2.24, 2.45) is 0 Å². The number of ether oxygens (including phenoxy) is 2. The molecule has 2 aliphatic rings. The first kappa shape index (κ1) is 22.9. The molecule has 0 aliphatic carbocycles. The van der Waals surface area contributed by atoms with Crippen LogP contribution in [0, 0.1) is 0 Å². The minimum atomic E-state index is -0.00580. The first-order valence-electron chi connectivity index (χ1n) is 11.9. The molecule has 2 fully saturated rings. The largest absolute Gasteiger partial charge is 0.390 e. The van der Waals surface area contributed by atoms with E-state index in [1.807, 2.05) is 24.5 Å². The summed E-state index contributed by atoms with van der Waals surface area (Å²) in [5.41, 5.74) is 4.09. The number of pyridine rings is 2. The summed E-state index contributed by atoms with van der Waals surface area (Å²) in [6, 6.07) is 16.7. The highest BCUT2D eigenvalue weighted by atomic mass is 16.5. The van der Waals surface area contributed by atoms with Crippen molar-refractivity contribution in [3.8, 4) is 0 Å². The molecule has 6 nitrogen and oxygen atoms in total. The molecule has 0 spiro atoms. The maximum Gasteiger partial charge on any atom is 0.0853 e. The van der Waals surface area contributed by atoms with Gasteiger partial charge in [0.15, 0.2) is 0 Å². The molecule has 0 amide bonds. The second-order valence-corrected chi connectivity index (χ2v) is 9.00. The van der Waals surface area contributed by atoms with Gasteiger partial charge >= 0.3 is 0 Å². The molecule has 0 bridgehead atoms. The van der Waals surface area contributed by atoms with Crippen molar-refractivity contribution in [1.29, 1.82) is 0 Å². The summed E-state index contributed by atoms with van der Waals surface area (Å²) >= 11 is 0. The average Bonchev–Trinajstić information content (AvgIpc) is 3.63. The number of aliphatic hydroxyl groups is 2. The van der Waals surface area contributed by atoms with Gasteiger partial charge in [0.2, 0.25) is 0 Å². The number of nitrogens with zero attached hydrogens (tertiary/aromatic N) is 2. The van der Waals surface area contributed by atoms with Gasteiger partial charge in [0.05, 0.1) is 37.8 Å². The van der Waals surface area contributed by atoms with Crippen LogP contribution in [0.4, 0.5) is 0 Å². The predicted octanol–water partition coefficient (Wildman–Crippen LogP) is 4.46. The quantitative estimate of drug-likeness (QED) is 0.470. The Morgan fingerprint density at radius 1 is 0.647 bits per heavy atom. The zero-order chi connectivity index (χ0) is 23.3. The second-order valence-electron chi connectivity index (χ2n) is 9.00. The maximum absolute atomic E-state index is 9.05. The molecule has 4 heterocycles. The minimum absolute atomic E-state index is 0.00580. The van der Waals surface area contributed by atoms with Gasteiger partial charge in [-0.15, -0.1) is 0 Å². The zero-order valence-electron chi connectivity index (χ0n) is 19.2. The van der Waals surface area contributed by atoms with Gasteiger partial charge in [0, 0.05) is 48.2 Å². The van der Waals surface area contributed by atoms with Crippen LogP contribution in [-0.4, -0.2) is 46.6 Å². The van der Waals surface area contributed by atoms with E-state index in [2.05, 4.69) is 46.4 Å². The molecule has 2 aromatic heterocycles. The normalized spacial score (nSPS) is 19.9. The van der Waals surface area contributed by atoms with Gasteiger partial charge in [-0.1, -0.05) is 24.3 Å². The van der Waals surface area contributed by atoms with E-state index in [0.29, 0.717) is 11.8 Å². The molecular weight excluding hydrogens is 428 g/mol. The first-order chi connectivity index (χ1) is 16.7. The van der Waals surface area contributed by atoms with Crippen molar-refractivity contribution in [1.82, 2.24) is 9.97 Å². The lowest BCUT2D eigenvalue weighted by Gasteiger charge is -2.09. The molecule has 6 heteroatoms. The van der Waals surface area contributed by atoms with Gasteiger partial charge in [-0.3, -0.25) is 9.97 Å². The fourth-order valence-electron chi connectivity index (χ4n) is 4.69. The van der Waals surface area contributed by atoms with Crippen molar-refractivity contribution >= 4 is 21.5 Å². The van der Waals surface area contributed by atoms with E-state index in [9.17, 15) is 0 Å². The topological polar surface area (TPSA) is 84.7 Å². The van der Waals surface area contributed by atoms with Gasteiger partial charge in [-0.25, -0.2) is 0 Å². The fourth-order valence-corrected chi connectivity index (χ4v) is 4.69. The third-order valence-corrected chi connectivity index (χ3v) is 6.73. The lowest BCUT2D eigenvalue weighted by molar-refractivity contribution is 0.194. The molecule has 176 valence electrons. The second kappa shape index (κ2) is 10.6. The Morgan fingerprint density at radius 3 is 1.50 bits per heavy atom. The summed E-state index contributed by atoms with van der Waals surface area (Å²) in [5.74, 6) is 1.05. The van der Waals surface area contributed by atoms with E-state index < -0.39 is 0 Å². The maximum atomic E-state index is 9.05. The molecule has 2 N–H and O–H groups in total. The Balaban J connectivity index is 0.000000142. The lowest BCUT2D eigenvalue weighted by atomic mass is 9.96. The monoisotopic (exact) mass is 458 g/mol. The van der Waals surface area contributed by atoms with Crippen molar-refractivity contribution < 1.29 is 19.7 Å². The summed E-state index contributed by atoms with van der Waals surface area (Å²) in [4.78, 5) is 8.42. The van der Waals surface area contributed by atoms with Crippen LogP contribution in [-0.2, 0) is 22.7 Å². The summed E-state index contributed by atoms with van der Waals surface area (Å²) < 4.78 is 10.8. The van der Waals surface area contributed by atoms with E-state index in [4.69, 9.17) is 19.7 Å². The Bertz CT molecular complexity index is 1160. The van der Waals surface area contributed by atoms with Crippen LogP contribution >= 0.6 is 0 Å². The first-order valence-corrected chi connectivity index (χ1v) is 11.9. The van der Waals surface area contributed by atoms with Crippen LogP contribution < -0.4 is 0 Å². The molecular formula is C28H30N2O4. The molecule has 2 atom stereocenters. The Kier molecular flexibility index (Phi) is 7.11. The fraction of sp³-hybridized carbons (Fsp3) is 0.357. The van der Waals surface area contributed by atoms with Crippen LogP contribution in [0.1, 0.15) is 47.2 Å². The Hall–Kier alpha value is -2.90. The van der Waals surface area contributed by atoms with Gasteiger partial charge in [0.1, 0.15) is 0 Å². The van der Waals surface area contributed by atoms with Gasteiger partial charge in [-0.05, 0) is 59.0 Å². The number of aromatic nitrogens is 2. The van der Waals surface area contributed by atoms with Crippen LogP contribution in [0.15, 0.2) is 60.9 Å². The average molecular weight is 459 g/mol. The number of fused-ring (bicyclic) bond motifs is 2. The third-order valence-electron chi connectivity index (χ3n) is 6.73. The van der Waals surface area contributed by atoms with Crippen molar-refractivity contribution in [2.45, 2.75) is 37.9 Å². The highest BCUT2D eigenvalue weighted by molar-refractivity contribution is 5.83. The molecule has 2 aliphatic heterocycles.